The molecule has 0 unspecified atom stereocenters. The van der Waals surface area contributed by atoms with Crippen LogP contribution in [0.4, 0.5) is 0 Å². The zero-order chi connectivity index (χ0) is 14.0. The second-order valence-corrected chi connectivity index (χ2v) is 5.16. The molecule has 0 bridgehead atoms. The molecule has 6 heteroatoms. The Morgan fingerprint density at radius 1 is 1.21 bits per heavy atom. The van der Waals surface area contributed by atoms with Crippen molar-refractivity contribution < 1.29 is 15.0 Å². The summed E-state index contributed by atoms with van der Waals surface area (Å²) in [6.07, 6.45) is 1.09. The number of amides is 1. The van der Waals surface area contributed by atoms with Crippen molar-refractivity contribution in [3.05, 3.63) is 39.9 Å². The number of aliphatic hydroxyl groups is 2. The monoisotopic (exact) mass is 301 g/mol. The van der Waals surface area contributed by atoms with Gasteiger partial charge >= 0.3 is 0 Å². The van der Waals surface area contributed by atoms with Crippen LogP contribution in [-0.4, -0.2) is 46.3 Å². The summed E-state index contributed by atoms with van der Waals surface area (Å²) >= 11 is 12.0. The molecule has 19 heavy (non-hydrogen) atoms. The molecule has 0 radical (unpaired) electrons. The van der Waals surface area contributed by atoms with Crippen LogP contribution in [0.25, 0.3) is 6.08 Å². The Bertz CT molecular complexity index is 488. The van der Waals surface area contributed by atoms with Gasteiger partial charge in [-0.25, -0.2) is 0 Å². The van der Waals surface area contributed by atoms with Crippen LogP contribution in [0.3, 0.4) is 0 Å². The molecule has 1 aliphatic rings. The second-order valence-electron chi connectivity index (χ2n) is 4.35. The predicted octanol–water partition coefficient (Wildman–Crippen LogP) is 1.57. The minimum absolute atomic E-state index is 0.126. The second kappa shape index (κ2) is 5.92. The Morgan fingerprint density at radius 2 is 1.74 bits per heavy atom. The molecular weight excluding hydrogens is 289 g/mol. The van der Waals surface area contributed by atoms with Gasteiger partial charge < -0.3 is 15.1 Å². The molecule has 2 N–H and O–H groups in total. The minimum atomic E-state index is -0.888. The summed E-state index contributed by atoms with van der Waals surface area (Å²) in [5.74, 6) is -0.299. The van der Waals surface area contributed by atoms with Crippen molar-refractivity contribution >= 4 is 35.2 Å². The number of hydrogen-bond donors (Lipinski definition) is 2. The SMILES string of the molecule is O=C(C=Cc1c(Cl)cccc1Cl)N1C[C@@H](O)[C@@H](O)C1. The Labute approximate surface area is 120 Å². The number of hydrogen-bond acceptors (Lipinski definition) is 3. The van der Waals surface area contributed by atoms with Crippen molar-refractivity contribution in [2.24, 2.45) is 0 Å². The van der Waals surface area contributed by atoms with E-state index in [0.717, 1.165) is 0 Å². The molecule has 0 saturated carbocycles. The summed E-state index contributed by atoms with van der Waals surface area (Å²) < 4.78 is 0. The third-order valence-corrected chi connectivity index (χ3v) is 3.62. The summed E-state index contributed by atoms with van der Waals surface area (Å²) in [7, 11) is 0. The number of β-amino-alcohol motifs (C(OH)–C–C–N with tert-alkyl or cyclic N) is 2. The van der Waals surface area contributed by atoms with Gasteiger partial charge in [-0.05, 0) is 18.2 Å². The summed E-state index contributed by atoms with van der Waals surface area (Å²) in [5.41, 5.74) is 0.569. The zero-order valence-electron chi connectivity index (χ0n) is 9.96. The van der Waals surface area contributed by atoms with E-state index in [1.165, 1.54) is 17.1 Å². The zero-order valence-corrected chi connectivity index (χ0v) is 11.5. The number of rotatable bonds is 2. The van der Waals surface area contributed by atoms with Crippen LogP contribution in [0.5, 0.6) is 0 Å². The van der Waals surface area contributed by atoms with Gasteiger partial charge in [0.15, 0.2) is 0 Å². The highest BCUT2D eigenvalue weighted by Crippen LogP contribution is 2.25. The molecule has 1 heterocycles. The minimum Gasteiger partial charge on any atom is -0.388 e. The maximum absolute atomic E-state index is 11.9. The van der Waals surface area contributed by atoms with E-state index in [0.29, 0.717) is 15.6 Å². The van der Waals surface area contributed by atoms with Gasteiger partial charge in [0.1, 0.15) is 0 Å². The van der Waals surface area contributed by atoms with Crippen molar-refractivity contribution in [1.82, 2.24) is 4.90 Å². The van der Waals surface area contributed by atoms with Gasteiger partial charge in [-0.1, -0.05) is 29.3 Å². The maximum Gasteiger partial charge on any atom is 0.246 e. The fourth-order valence-electron chi connectivity index (χ4n) is 1.88. The fraction of sp³-hybridized carbons (Fsp3) is 0.308. The lowest BCUT2D eigenvalue weighted by Gasteiger charge is -2.12. The summed E-state index contributed by atoms with van der Waals surface area (Å²) in [6.45, 7) is 0.251. The number of carbonyl (C=O) groups is 1. The smallest absolute Gasteiger partial charge is 0.246 e. The highest BCUT2D eigenvalue weighted by molar-refractivity contribution is 6.37. The number of aliphatic hydroxyl groups excluding tert-OH is 2. The van der Waals surface area contributed by atoms with E-state index < -0.39 is 12.2 Å². The van der Waals surface area contributed by atoms with Gasteiger partial charge in [0, 0.05) is 34.8 Å². The van der Waals surface area contributed by atoms with Crippen molar-refractivity contribution in [2.75, 3.05) is 13.1 Å². The maximum atomic E-state index is 11.9. The Hall–Kier alpha value is -1.07. The number of benzene rings is 1. The topological polar surface area (TPSA) is 60.8 Å². The van der Waals surface area contributed by atoms with E-state index in [1.54, 1.807) is 18.2 Å². The molecule has 2 atom stereocenters. The first-order valence-electron chi connectivity index (χ1n) is 5.76. The van der Waals surface area contributed by atoms with Crippen LogP contribution >= 0.6 is 23.2 Å². The standard InChI is InChI=1S/C13H13Cl2NO3/c14-9-2-1-3-10(15)8(9)4-5-13(19)16-6-11(17)12(18)7-16/h1-5,11-12,17-18H,6-7H2/t11-,12+. The van der Waals surface area contributed by atoms with Crippen molar-refractivity contribution in [1.29, 1.82) is 0 Å². The van der Waals surface area contributed by atoms with Gasteiger partial charge in [0.05, 0.1) is 12.2 Å². The predicted molar refractivity (Wildman–Crippen MR) is 74.1 cm³/mol. The molecule has 1 saturated heterocycles. The highest BCUT2D eigenvalue weighted by Gasteiger charge is 2.31. The number of nitrogens with zero attached hydrogens (tertiary/aromatic N) is 1. The van der Waals surface area contributed by atoms with Gasteiger partial charge in [0.2, 0.25) is 5.91 Å². The lowest BCUT2D eigenvalue weighted by atomic mass is 10.2. The highest BCUT2D eigenvalue weighted by atomic mass is 35.5. The molecule has 1 aliphatic heterocycles. The van der Waals surface area contributed by atoms with E-state index >= 15 is 0 Å². The average Bonchev–Trinajstić information content (AvgIpc) is 2.69. The third kappa shape index (κ3) is 3.28. The van der Waals surface area contributed by atoms with E-state index in [1.807, 2.05) is 0 Å². The first-order valence-corrected chi connectivity index (χ1v) is 6.52. The molecule has 0 spiro atoms. The molecule has 2 rings (SSSR count). The van der Waals surface area contributed by atoms with Gasteiger partial charge in [-0.3, -0.25) is 4.79 Å². The van der Waals surface area contributed by atoms with Crippen molar-refractivity contribution in [3.63, 3.8) is 0 Å². The van der Waals surface area contributed by atoms with Crippen LogP contribution < -0.4 is 0 Å². The molecule has 1 aromatic rings. The fourth-order valence-corrected chi connectivity index (χ4v) is 2.40. The van der Waals surface area contributed by atoms with E-state index in [2.05, 4.69) is 0 Å². The van der Waals surface area contributed by atoms with Gasteiger partial charge in [0.25, 0.3) is 0 Å². The quantitative estimate of drug-likeness (QED) is 0.815. The Kier molecular flexibility index (Phi) is 4.47. The summed E-state index contributed by atoms with van der Waals surface area (Å²) in [5, 5.41) is 19.7. The number of carbonyl (C=O) groups excluding carboxylic acids is 1. The van der Waals surface area contributed by atoms with Crippen LogP contribution in [0, 0.1) is 0 Å². The van der Waals surface area contributed by atoms with Crippen LogP contribution in [-0.2, 0) is 4.79 Å². The molecule has 0 aliphatic carbocycles. The first kappa shape index (κ1) is 14.3. The van der Waals surface area contributed by atoms with E-state index in [-0.39, 0.29) is 19.0 Å². The molecule has 1 fully saturated rings. The Morgan fingerprint density at radius 3 is 2.26 bits per heavy atom. The average molecular weight is 302 g/mol. The van der Waals surface area contributed by atoms with Crippen LogP contribution in [0.2, 0.25) is 10.0 Å². The lowest BCUT2D eigenvalue weighted by molar-refractivity contribution is -0.125. The largest absolute Gasteiger partial charge is 0.388 e. The van der Waals surface area contributed by atoms with Gasteiger partial charge in [-0.2, -0.15) is 0 Å². The molecule has 1 amide bonds. The lowest BCUT2D eigenvalue weighted by Crippen LogP contribution is -2.27. The summed E-state index contributed by atoms with van der Waals surface area (Å²) in [6, 6.07) is 5.08. The third-order valence-electron chi connectivity index (χ3n) is 2.96. The van der Waals surface area contributed by atoms with E-state index in [9.17, 15) is 15.0 Å². The van der Waals surface area contributed by atoms with Crippen molar-refractivity contribution in [3.8, 4) is 0 Å². The molecule has 102 valence electrons. The molecule has 4 nitrogen and oxygen atoms in total. The molecule has 1 aromatic carbocycles. The van der Waals surface area contributed by atoms with Crippen molar-refractivity contribution in [2.45, 2.75) is 12.2 Å². The van der Waals surface area contributed by atoms with Crippen LogP contribution in [0.1, 0.15) is 5.56 Å². The molecular formula is C13H13Cl2NO3. The van der Waals surface area contributed by atoms with Gasteiger partial charge in [-0.15, -0.1) is 0 Å². The molecule has 0 aromatic heterocycles. The number of halogens is 2. The van der Waals surface area contributed by atoms with Crippen LogP contribution in [0.15, 0.2) is 24.3 Å². The van der Waals surface area contributed by atoms with E-state index in [4.69, 9.17) is 23.2 Å². The Balaban J connectivity index is 2.09. The number of likely N-dealkylation sites (tertiary alicyclic amines) is 1. The normalized spacial score (nSPS) is 23.3. The summed E-state index contributed by atoms with van der Waals surface area (Å²) in [4.78, 5) is 13.2. The first-order chi connectivity index (χ1) is 8.99.